The summed E-state index contributed by atoms with van der Waals surface area (Å²) in [5.74, 6) is 1.29. The van der Waals surface area contributed by atoms with Crippen molar-refractivity contribution in [1.29, 1.82) is 0 Å². The largest absolute Gasteiger partial charge is 0.397 e. The fourth-order valence-electron chi connectivity index (χ4n) is 10.1. The molecule has 0 aromatic heterocycles. The van der Waals surface area contributed by atoms with Gasteiger partial charge in [0.25, 0.3) is 0 Å². The van der Waals surface area contributed by atoms with Gasteiger partial charge in [-0.15, -0.1) is 0 Å². The SMILES string of the molecule is CC(C)CCCC(C)C1CCC2C3CC(OS(=O)(=O)O)C4CC(OS(=O)(=O)O)C(OS(=O)(=O)O)CC4(C)C3CCC12C. The van der Waals surface area contributed by atoms with Crippen molar-refractivity contribution < 1.29 is 51.5 Å². The van der Waals surface area contributed by atoms with Gasteiger partial charge in [0.05, 0.1) is 6.10 Å². The van der Waals surface area contributed by atoms with Gasteiger partial charge in [0.2, 0.25) is 0 Å². The van der Waals surface area contributed by atoms with Gasteiger partial charge in [-0.1, -0.05) is 53.9 Å². The van der Waals surface area contributed by atoms with E-state index in [-0.39, 0.29) is 36.0 Å². The molecule has 4 fully saturated rings. The Kier molecular flexibility index (Phi) is 9.92. The van der Waals surface area contributed by atoms with Crippen LogP contribution in [0.4, 0.5) is 0 Å². The fourth-order valence-corrected chi connectivity index (χ4v) is 11.6. The zero-order valence-electron chi connectivity index (χ0n) is 25.1. The van der Waals surface area contributed by atoms with Gasteiger partial charge in [-0.2, -0.15) is 25.3 Å². The standard InChI is InChI=1S/C27H48O12S3/c1-16(2)7-6-8-17(3)19-9-10-20-18-13-23(37-40(28,29)30)22-14-24(38-41(31,32)33)25(39-42(34,35)36)15-27(22,5)21(18)11-12-26(19,20)4/h16-25H,6-15H2,1-5H3,(H,28,29,30)(H,31,32,33)(H,34,35,36). The van der Waals surface area contributed by atoms with E-state index in [9.17, 15) is 38.9 Å². The third-order valence-electron chi connectivity index (χ3n) is 11.6. The molecule has 4 aliphatic carbocycles. The van der Waals surface area contributed by atoms with Gasteiger partial charge in [0.15, 0.2) is 0 Å². The van der Waals surface area contributed by atoms with E-state index in [1.807, 2.05) is 6.92 Å². The maximum Gasteiger partial charge on any atom is 0.397 e. The van der Waals surface area contributed by atoms with E-state index in [0.717, 1.165) is 32.1 Å². The summed E-state index contributed by atoms with van der Waals surface area (Å²) in [6.07, 6.45) is 3.24. The first-order valence-electron chi connectivity index (χ1n) is 15.1. The molecule has 0 amide bonds. The minimum absolute atomic E-state index is 0.00370. The highest BCUT2D eigenvalue weighted by Crippen LogP contribution is 2.69. The Labute approximate surface area is 251 Å². The van der Waals surface area contributed by atoms with E-state index < -0.39 is 60.8 Å². The van der Waals surface area contributed by atoms with Crippen molar-refractivity contribution in [2.45, 2.75) is 117 Å². The Morgan fingerprint density at radius 3 is 1.81 bits per heavy atom. The molecular formula is C27H48O12S3. The van der Waals surface area contributed by atoms with E-state index in [2.05, 4.69) is 27.7 Å². The molecule has 0 aromatic carbocycles. The van der Waals surface area contributed by atoms with Crippen LogP contribution in [0.2, 0.25) is 0 Å². The first-order chi connectivity index (χ1) is 19.1. The quantitative estimate of drug-likeness (QED) is 0.255. The third kappa shape index (κ3) is 7.52. The van der Waals surface area contributed by atoms with E-state index in [1.54, 1.807) is 0 Å². The summed E-state index contributed by atoms with van der Waals surface area (Å²) < 4.78 is 114. The van der Waals surface area contributed by atoms with Crippen LogP contribution in [-0.2, 0) is 43.7 Å². The molecule has 0 aliphatic heterocycles. The molecule has 0 saturated heterocycles. The Hall–Kier alpha value is -0.390. The van der Waals surface area contributed by atoms with E-state index in [0.29, 0.717) is 24.2 Å². The lowest BCUT2D eigenvalue weighted by molar-refractivity contribution is -0.184. The molecule has 4 aliphatic rings. The molecule has 12 nitrogen and oxygen atoms in total. The van der Waals surface area contributed by atoms with Crippen LogP contribution in [0, 0.1) is 52.3 Å². The lowest BCUT2D eigenvalue weighted by Crippen LogP contribution is -2.62. The van der Waals surface area contributed by atoms with Crippen molar-refractivity contribution in [2.24, 2.45) is 52.3 Å². The van der Waals surface area contributed by atoms with Gasteiger partial charge >= 0.3 is 31.2 Å². The first-order valence-corrected chi connectivity index (χ1v) is 19.2. The Morgan fingerprint density at radius 1 is 0.690 bits per heavy atom. The van der Waals surface area contributed by atoms with Gasteiger partial charge in [0, 0.05) is 0 Å². The van der Waals surface area contributed by atoms with E-state index >= 15 is 0 Å². The summed E-state index contributed by atoms with van der Waals surface area (Å²) in [5.41, 5.74) is -0.783. The van der Waals surface area contributed by atoms with Crippen LogP contribution in [0.15, 0.2) is 0 Å². The average molecular weight is 661 g/mol. The predicted molar refractivity (Wildman–Crippen MR) is 153 cm³/mol. The van der Waals surface area contributed by atoms with Crippen LogP contribution in [0.3, 0.4) is 0 Å². The molecule has 0 radical (unpaired) electrons. The normalized spacial score (nSPS) is 41.6. The second-order valence-electron chi connectivity index (χ2n) is 14.4. The van der Waals surface area contributed by atoms with Crippen LogP contribution < -0.4 is 0 Å². The van der Waals surface area contributed by atoms with E-state index in [1.165, 1.54) is 12.8 Å². The second kappa shape index (κ2) is 12.1. The minimum atomic E-state index is -5.06. The Balaban J connectivity index is 1.67. The van der Waals surface area contributed by atoms with Gasteiger partial charge in [-0.3, -0.25) is 13.7 Å². The number of rotatable bonds is 11. The Bertz CT molecular complexity index is 1300. The first kappa shape index (κ1) is 34.5. The highest BCUT2D eigenvalue weighted by atomic mass is 32.3. The highest BCUT2D eigenvalue weighted by molar-refractivity contribution is 7.81. The third-order valence-corrected chi connectivity index (χ3v) is 13.0. The van der Waals surface area contributed by atoms with Crippen LogP contribution in [0.1, 0.15) is 98.8 Å². The molecule has 0 bridgehead atoms. The summed E-state index contributed by atoms with van der Waals surface area (Å²) in [7, 11) is -15.0. The molecule has 0 heterocycles. The molecule has 11 unspecified atom stereocenters. The van der Waals surface area contributed by atoms with Crippen molar-refractivity contribution in [3.8, 4) is 0 Å². The van der Waals surface area contributed by atoms with Gasteiger partial charge in [-0.25, -0.2) is 12.5 Å². The topological polar surface area (TPSA) is 191 Å². The Morgan fingerprint density at radius 2 is 1.24 bits per heavy atom. The van der Waals surface area contributed by atoms with Crippen LogP contribution in [0.25, 0.3) is 0 Å². The molecule has 0 aromatic rings. The number of hydrogen-bond acceptors (Lipinski definition) is 9. The summed E-state index contributed by atoms with van der Waals surface area (Å²) >= 11 is 0. The minimum Gasteiger partial charge on any atom is -0.264 e. The maximum absolute atomic E-state index is 12.0. The second-order valence-corrected chi connectivity index (χ2v) is 17.5. The highest BCUT2D eigenvalue weighted by Gasteiger charge is 2.65. The molecule has 3 N–H and O–H groups in total. The average Bonchev–Trinajstić information content (AvgIpc) is 3.14. The fraction of sp³-hybridized carbons (Fsp3) is 1.00. The smallest absolute Gasteiger partial charge is 0.264 e. The van der Waals surface area contributed by atoms with E-state index in [4.69, 9.17) is 12.5 Å². The molecule has 15 heteroatoms. The van der Waals surface area contributed by atoms with Crippen LogP contribution >= 0.6 is 0 Å². The molecule has 0 spiro atoms. The van der Waals surface area contributed by atoms with Crippen molar-refractivity contribution in [2.75, 3.05) is 0 Å². The van der Waals surface area contributed by atoms with Gasteiger partial charge in [-0.05, 0) is 97.2 Å². The lowest BCUT2D eigenvalue weighted by atomic mass is 9.43. The summed E-state index contributed by atoms with van der Waals surface area (Å²) in [5, 5.41) is 0. The zero-order chi connectivity index (χ0) is 31.5. The summed E-state index contributed by atoms with van der Waals surface area (Å²) in [6.45, 7) is 11.0. The molecule has 4 rings (SSSR count). The summed E-state index contributed by atoms with van der Waals surface area (Å²) in [6, 6.07) is 0. The zero-order valence-corrected chi connectivity index (χ0v) is 27.5. The maximum atomic E-state index is 12.0. The molecule has 11 atom stereocenters. The number of fused-ring (bicyclic) bond motifs is 5. The molecule has 42 heavy (non-hydrogen) atoms. The summed E-state index contributed by atoms with van der Waals surface area (Å²) in [4.78, 5) is 0. The van der Waals surface area contributed by atoms with Gasteiger partial charge < -0.3 is 0 Å². The van der Waals surface area contributed by atoms with Crippen molar-refractivity contribution >= 4 is 31.2 Å². The predicted octanol–water partition coefficient (Wildman–Crippen LogP) is 4.89. The number of hydrogen-bond donors (Lipinski definition) is 3. The van der Waals surface area contributed by atoms with Crippen LogP contribution in [-0.4, -0.2) is 57.2 Å². The molecular weight excluding hydrogens is 612 g/mol. The van der Waals surface area contributed by atoms with Crippen molar-refractivity contribution in [3.05, 3.63) is 0 Å². The van der Waals surface area contributed by atoms with Crippen molar-refractivity contribution in [3.63, 3.8) is 0 Å². The molecule has 246 valence electrons. The lowest BCUT2D eigenvalue weighted by Gasteiger charge is -2.63. The van der Waals surface area contributed by atoms with Crippen molar-refractivity contribution in [1.82, 2.24) is 0 Å². The monoisotopic (exact) mass is 660 g/mol. The van der Waals surface area contributed by atoms with Crippen LogP contribution in [0.5, 0.6) is 0 Å². The molecule has 4 saturated carbocycles. The van der Waals surface area contributed by atoms with Gasteiger partial charge in [0.1, 0.15) is 12.2 Å².